The maximum absolute atomic E-state index is 13.5. The smallest absolute Gasteiger partial charge is 0.269 e. The van der Waals surface area contributed by atoms with Crippen molar-refractivity contribution < 1.29 is 19.2 Å². The van der Waals surface area contributed by atoms with Crippen molar-refractivity contribution in [3.05, 3.63) is 59.2 Å². The van der Waals surface area contributed by atoms with Gasteiger partial charge in [-0.25, -0.2) is 9.97 Å². The van der Waals surface area contributed by atoms with Crippen molar-refractivity contribution in [3.63, 3.8) is 0 Å². The van der Waals surface area contributed by atoms with Gasteiger partial charge in [-0.15, -0.1) is 0 Å². The maximum Gasteiger partial charge on any atom is 0.269 e. The summed E-state index contributed by atoms with van der Waals surface area (Å²) in [6.45, 7) is -0.376. The van der Waals surface area contributed by atoms with Gasteiger partial charge in [-0.3, -0.25) is 19.2 Å². The lowest BCUT2D eigenvalue weighted by Gasteiger charge is -2.37. The number of benzene rings is 1. The summed E-state index contributed by atoms with van der Waals surface area (Å²) in [5.41, 5.74) is 15.2. The van der Waals surface area contributed by atoms with E-state index in [0.29, 0.717) is 44.6 Å². The maximum atomic E-state index is 13.5. The van der Waals surface area contributed by atoms with E-state index in [4.69, 9.17) is 11.5 Å². The topological polar surface area (TPSA) is 257 Å². The van der Waals surface area contributed by atoms with E-state index < -0.39 is 35.5 Å². The molecule has 0 bridgehead atoms. The van der Waals surface area contributed by atoms with Gasteiger partial charge in [0.2, 0.25) is 11.8 Å². The minimum Gasteiger partial charge on any atom is -0.369 e. The summed E-state index contributed by atoms with van der Waals surface area (Å²) in [5.74, 6) is -3.66. The predicted molar refractivity (Wildman–Crippen MR) is 143 cm³/mol. The fourth-order valence-corrected chi connectivity index (χ4v) is 5.00. The number of nitrogens with two attached hydrogens (primary N) is 2. The number of rotatable bonds is 8. The number of carbonyl (C=O) groups excluding carboxylic acids is 4. The fourth-order valence-electron chi connectivity index (χ4n) is 5.00. The first kappa shape index (κ1) is 24.5. The number of nitrogen functional groups attached to an aromatic ring is 2. The molecule has 12 N–H and O–H groups in total. The molecule has 2 atom stereocenters. The fraction of sp³-hybridized carbons (Fsp3) is 0.167. The van der Waals surface area contributed by atoms with Crippen LogP contribution in [0.5, 0.6) is 0 Å². The molecular formula is C24H24N12O4. The van der Waals surface area contributed by atoms with Crippen LogP contribution in [0.15, 0.2) is 36.7 Å². The Morgan fingerprint density at radius 2 is 1.12 bits per heavy atom. The molecule has 5 aromatic rings. The first-order chi connectivity index (χ1) is 19.3. The molecule has 0 spiro atoms. The molecule has 0 saturated carbocycles. The van der Waals surface area contributed by atoms with E-state index in [-0.39, 0.29) is 25.2 Å². The van der Waals surface area contributed by atoms with Crippen molar-refractivity contribution in [1.29, 1.82) is 0 Å². The number of hydrogen-bond donors (Lipinski definition) is 10. The second-order valence-corrected chi connectivity index (χ2v) is 9.09. The Kier molecular flexibility index (Phi) is 5.83. The molecule has 0 aliphatic heterocycles. The Bertz CT molecular complexity index is 1640. The highest BCUT2D eigenvalue weighted by Crippen LogP contribution is 2.53. The van der Waals surface area contributed by atoms with Crippen molar-refractivity contribution in [3.8, 4) is 0 Å². The molecule has 16 heteroatoms. The Labute approximate surface area is 224 Å². The van der Waals surface area contributed by atoms with Crippen molar-refractivity contribution >= 4 is 57.6 Å². The van der Waals surface area contributed by atoms with Crippen molar-refractivity contribution in [2.24, 2.45) is 0 Å². The Morgan fingerprint density at radius 3 is 1.50 bits per heavy atom. The molecule has 1 aliphatic rings. The summed E-state index contributed by atoms with van der Waals surface area (Å²) in [7, 11) is 0. The number of hydrogen-bond acceptors (Lipinski definition) is 8. The van der Waals surface area contributed by atoms with Gasteiger partial charge in [-0.1, -0.05) is 0 Å². The van der Waals surface area contributed by atoms with Gasteiger partial charge in [-0.2, -0.15) is 0 Å². The number of amides is 4. The van der Waals surface area contributed by atoms with Crippen molar-refractivity contribution in [2.45, 2.75) is 11.8 Å². The van der Waals surface area contributed by atoms with Crippen LogP contribution in [-0.2, 0) is 9.59 Å². The van der Waals surface area contributed by atoms with Gasteiger partial charge in [0, 0.05) is 12.4 Å². The third-order valence-corrected chi connectivity index (χ3v) is 6.72. The van der Waals surface area contributed by atoms with Crippen LogP contribution in [0, 0.1) is 0 Å². The van der Waals surface area contributed by atoms with Gasteiger partial charge >= 0.3 is 0 Å². The minimum atomic E-state index is -0.996. The molecule has 16 nitrogen and oxygen atoms in total. The average Bonchev–Trinajstić information content (AvgIpc) is 3.71. The lowest BCUT2D eigenvalue weighted by atomic mass is 9.65. The highest BCUT2D eigenvalue weighted by atomic mass is 16.2. The second-order valence-electron chi connectivity index (χ2n) is 9.09. The number of imidazole rings is 2. The van der Waals surface area contributed by atoms with Gasteiger partial charge in [0.05, 0.1) is 47.2 Å². The Balaban J connectivity index is 1.28. The number of nitrogens with zero attached hydrogens (tertiary/aromatic N) is 2. The normalized spacial score (nSPS) is 15.8. The molecule has 40 heavy (non-hydrogen) atoms. The number of anilines is 2. The van der Waals surface area contributed by atoms with Crippen LogP contribution in [0.25, 0.3) is 22.1 Å². The summed E-state index contributed by atoms with van der Waals surface area (Å²) in [6.07, 6.45) is 3.21. The SMILES string of the molecule is Nc1nc2c3c(c4nc(N)[nH]c4c2[nH]1)[C@H](C(=O)NCNC(=O)c1ccc[nH]1)[C@H]3C(=O)NCNC(=O)c1ccc[nH]1. The molecule has 6 rings (SSSR count). The van der Waals surface area contributed by atoms with E-state index in [9.17, 15) is 19.2 Å². The molecule has 4 aromatic heterocycles. The largest absolute Gasteiger partial charge is 0.369 e. The second kappa shape index (κ2) is 9.50. The average molecular weight is 545 g/mol. The zero-order valence-electron chi connectivity index (χ0n) is 20.7. The van der Waals surface area contributed by atoms with E-state index in [2.05, 4.69) is 51.2 Å². The van der Waals surface area contributed by atoms with Crippen LogP contribution in [0.3, 0.4) is 0 Å². The molecule has 1 aliphatic carbocycles. The van der Waals surface area contributed by atoms with Gasteiger partial charge in [-0.05, 0) is 35.4 Å². The van der Waals surface area contributed by atoms with Crippen molar-refractivity contribution in [1.82, 2.24) is 51.2 Å². The molecule has 204 valence electrons. The molecule has 1 aromatic carbocycles. The van der Waals surface area contributed by atoms with E-state index in [1.54, 1.807) is 36.7 Å². The number of aromatic nitrogens is 6. The summed E-state index contributed by atoms with van der Waals surface area (Å²) < 4.78 is 0. The third-order valence-electron chi connectivity index (χ3n) is 6.72. The zero-order chi connectivity index (χ0) is 28.0. The van der Waals surface area contributed by atoms with Crippen LogP contribution in [0.2, 0.25) is 0 Å². The number of H-pyrrole nitrogens is 4. The third kappa shape index (κ3) is 4.03. The van der Waals surface area contributed by atoms with Crippen LogP contribution >= 0.6 is 0 Å². The highest BCUT2D eigenvalue weighted by Gasteiger charge is 2.50. The number of carbonyl (C=O) groups is 4. The molecule has 4 heterocycles. The Morgan fingerprint density at radius 1 is 0.700 bits per heavy atom. The van der Waals surface area contributed by atoms with Crippen LogP contribution in [-0.4, -0.2) is 66.9 Å². The summed E-state index contributed by atoms with van der Waals surface area (Å²) >= 11 is 0. The van der Waals surface area contributed by atoms with E-state index >= 15 is 0 Å². The Hall–Kier alpha value is -5.80. The lowest BCUT2D eigenvalue weighted by Crippen LogP contribution is -2.49. The van der Waals surface area contributed by atoms with Crippen molar-refractivity contribution in [2.75, 3.05) is 24.8 Å². The zero-order valence-corrected chi connectivity index (χ0v) is 20.7. The molecular weight excluding hydrogens is 520 g/mol. The van der Waals surface area contributed by atoms with Gasteiger partial charge < -0.3 is 52.7 Å². The summed E-state index contributed by atoms with van der Waals surface area (Å²) in [5, 5.41) is 10.5. The van der Waals surface area contributed by atoms with Gasteiger partial charge in [0.1, 0.15) is 11.4 Å². The molecule has 0 fully saturated rings. The summed E-state index contributed by atoms with van der Waals surface area (Å²) in [4.78, 5) is 71.6. The van der Waals surface area contributed by atoms with Crippen LogP contribution in [0.4, 0.5) is 11.9 Å². The minimum absolute atomic E-state index is 0.107. The van der Waals surface area contributed by atoms with Crippen LogP contribution in [0.1, 0.15) is 43.9 Å². The van der Waals surface area contributed by atoms with Gasteiger partial charge in [0.15, 0.2) is 11.9 Å². The van der Waals surface area contributed by atoms with Gasteiger partial charge in [0.25, 0.3) is 11.8 Å². The van der Waals surface area contributed by atoms with E-state index in [1.807, 2.05) is 0 Å². The van der Waals surface area contributed by atoms with Crippen LogP contribution < -0.4 is 32.7 Å². The predicted octanol–water partition coefficient (Wildman–Crippen LogP) is -0.552. The monoisotopic (exact) mass is 544 g/mol. The first-order valence-electron chi connectivity index (χ1n) is 12.2. The number of nitrogens with one attached hydrogen (secondary N) is 8. The lowest BCUT2D eigenvalue weighted by molar-refractivity contribution is -0.130. The molecule has 0 unspecified atom stereocenters. The number of fused-ring (bicyclic) bond motifs is 6. The number of aromatic amines is 4. The van der Waals surface area contributed by atoms with E-state index in [1.165, 1.54) is 0 Å². The summed E-state index contributed by atoms with van der Waals surface area (Å²) in [6, 6.07) is 6.53. The first-order valence-corrected chi connectivity index (χ1v) is 12.2. The van der Waals surface area contributed by atoms with E-state index in [0.717, 1.165) is 0 Å². The molecule has 0 saturated heterocycles. The standard InChI is InChI=1S/C24H24N12O4/c25-23-33-15-11-12(16-18(17(15)35-23)36-24(26)34-16)14(22(40)32-8-30-20(38)10-4-2-6-28-10)13(11)21(39)31-7-29-19(37)9-3-1-5-27-9/h1-6,13-14,27-28H,7-8H2,(H,29,37)(H,30,38)(H,31,39)(H,32,40)(H3,25,33,35)(H3,26,34,36)/t13-,14-/m0/s1. The highest BCUT2D eigenvalue weighted by molar-refractivity contribution is 6.14. The quantitative estimate of drug-likeness (QED) is 0.113. The molecule has 4 amide bonds. The molecule has 0 radical (unpaired) electrons.